The molecule has 124 valence electrons. The number of likely N-dealkylation sites (tertiary alicyclic amines) is 1. The number of imidazole rings is 1. The standard InChI is InChI=1S/C17H25N5S/c1-3-19-17(20-10-15-5-9-23-12-15)21-7-4-14(2)16(11-21)22-8-6-18-13-22/h5-6,8-9,12-14,16H,3-4,7,10-11H2,1-2H3,(H,19,20). The second-order valence-corrected chi connectivity index (χ2v) is 6.87. The number of nitrogens with one attached hydrogen (secondary N) is 1. The number of hydrogen-bond donors (Lipinski definition) is 1. The normalized spacial score (nSPS) is 22.3. The molecule has 0 aliphatic carbocycles. The molecule has 0 amide bonds. The van der Waals surface area contributed by atoms with Crippen molar-refractivity contribution >= 4 is 17.3 Å². The molecule has 3 heterocycles. The molecule has 5 nitrogen and oxygen atoms in total. The highest BCUT2D eigenvalue weighted by atomic mass is 32.1. The van der Waals surface area contributed by atoms with Crippen molar-refractivity contribution in [2.45, 2.75) is 32.9 Å². The second-order valence-electron chi connectivity index (χ2n) is 6.09. The van der Waals surface area contributed by atoms with E-state index in [-0.39, 0.29) is 0 Å². The van der Waals surface area contributed by atoms with Crippen molar-refractivity contribution in [1.82, 2.24) is 19.8 Å². The minimum absolute atomic E-state index is 0.455. The Hall–Kier alpha value is -1.82. The van der Waals surface area contributed by atoms with E-state index in [0.717, 1.165) is 32.1 Å². The van der Waals surface area contributed by atoms with Gasteiger partial charge in [-0.05, 0) is 41.7 Å². The van der Waals surface area contributed by atoms with Crippen LogP contribution in [0.5, 0.6) is 0 Å². The molecule has 0 bridgehead atoms. The van der Waals surface area contributed by atoms with E-state index in [4.69, 9.17) is 4.99 Å². The molecule has 6 heteroatoms. The summed E-state index contributed by atoms with van der Waals surface area (Å²) >= 11 is 1.73. The molecule has 3 rings (SSSR count). The number of guanidine groups is 1. The lowest BCUT2D eigenvalue weighted by Gasteiger charge is -2.39. The van der Waals surface area contributed by atoms with Crippen molar-refractivity contribution in [3.63, 3.8) is 0 Å². The first kappa shape index (κ1) is 16.1. The van der Waals surface area contributed by atoms with E-state index < -0.39 is 0 Å². The summed E-state index contributed by atoms with van der Waals surface area (Å²) < 4.78 is 2.24. The molecule has 2 aromatic rings. The van der Waals surface area contributed by atoms with Gasteiger partial charge >= 0.3 is 0 Å². The van der Waals surface area contributed by atoms with Crippen LogP contribution in [-0.2, 0) is 6.54 Å². The van der Waals surface area contributed by atoms with Crippen molar-refractivity contribution < 1.29 is 0 Å². The van der Waals surface area contributed by atoms with Gasteiger partial charge in [-0.2, -0.15) is 11.3 Å². The Morgan fingerprint density at radius 1 is 1.52 bits per heavy atom. The molecule has 0 aromatic carbocycles. The number of aromatic nitrogens is 2. The maximum absolute atomic E-state index is 4.83. The summed E-state index contributed by atoms with van der Waals surface area (Å²) in [4.78, 5) is 11.4. The third-order valence-electron chi connectivity index (χ3n) is 4.45. The minimum Gasteiger partial charge on any atom is -0.357 e. The zero-order valence-electron chi connectivity index (χ0n) is 13.9. The van der Waals surface area contributed by atoms with Gasteiger partial charge in [-0.15, -0.1) is 0 Å². The van der Waals surface area contributed by atoms with E-state index in [1.54, 1.807) is 11.3 Å². The maximum atomic E-state index is 4.83. The van der Waals surface area contributed by atoms with E-state index in [0.29, 0.717) is 12.0 Å². The lowest BCUT2D eigenvalue weighted by molar-refractivity contribution is 0.189. The first-order valence-electron chi connectivity index (χ1n) is 8.29. The van der Waals surface area contributed by atoms with Crippen molar-refractivity contribution in [2.24, 2.45) is 10.9 Å². The smallest absolute Gasteiger partial charge is 0.194 e. The molecule has 2 aromatic heterocycles. The Labute approximate surface area is 142 Å². The van der Waals surface area contributed by atoms with Gasteiger partial charge in [0.1, 0.15) is 0 Å². The Balaban J connectivity index is 1.72. The number of thiophene rings is 1. The van der Waals surface area contributed by atoms with Gasteiger partial charge in [0.2, 0.25) is 0 Å². The average Bonchev–Trinajstić information content (AvgIpc) is 3.25. The van der Waals surface area contributed by atoms with Gasteiger partial charge in [-0.3, -0.25) is 0 Å². The largest absolute Gasteiger partial charge is 0.357 e. The highest BCUT2D eigenvalue weighted by molar-refractivity contribution is 7.07. The van der Waals surface area contributed by atoms with Crippen LogP contribution in [0.4, 0.5) is 0 Å². The van der Waals surface area contributed by atoms with Crippen LogP contribution in [0.1, 0.15) is 31.9 Å². The van der Waals surface area contributed by atoms with Crippen molar-refractivity contribution in [2.75, 3.05) is 19.6 Å². The Morgan fingerprint density at radius 2 is 2.43 bits per heavy atom. The molecule has 0 radical (unpaired) electrons. The average molecular weight is 331 g/mol. The fraction of sp³-hybridized carbons (Fsp3) is 0.529. The topological polar surface area (TPSA) is 45.5 Å². The van der Waals surface area contributed by atoms with Crippen LogP contribution < -0.4 is 5.32 Å². The van der Waals surface area contributed by atoms with E-state index in [1.807, 2.05) is 12.5 Å². The van der Waals surface area contributed by atoms with Crippen LogP contribution in [0.25, 0.3) is 0 Å². The first-order chi connectivity index (χ1) is 11.3. The summed E-state index contributed by atoms with van der Waals surface area (Å²) in [5.74, 6) is 1.68. The van der Waals surface area contributed by atoms with Crippen LogP contribution in [-0.4, -0.2) is 40.0 Å². The van der Waals surface area contributed by atoms with Crippen LogP contribution >= 0.6 is 11.3 Å². The molecule has 0 spiro atoms. The molecular weight excluding hydrogens is 306 g/mol. The summed E-state index contributed by atoms with van der Waals surface area (Å²) in [5, 5.41) is 7.72. The Bertz CT molecular complexity index is 605. The van der Waals surface area contributed by atoms with Gasteiger partial charge in [-0.25, -0.2) is 9.98 Å². The number of nitrogens with zero attached hydrogens (tertiary/aromatic N) is 4. The van der Waals surface area contributed by atoms with Crippen LogP contribution in [0.15, 0.2) is 40.5 Å². The van der Waals surface area contributed by atoms with Crippen LogP contribution in [0.2, 0.25) is 0 Å². The molecule has 1 saturated heterocycles. The predicted molar refractivity (Wildman–Crippen MR) is 95.8 cm³/mol. The van der Waals surface area contributed by atoms with Crippen molar-refractivity contribution in [3.05, 3.63) is 41.1 Å². The number of aliphatic imine (C=N–C) groups is 1. The fourth-order valence-corrected chi connectivity index (χ4v) is 3.73. The first-order valence-corrected chi connectivity index (χ1v) is 9.24. The Kier molecular flexibility index (Phi) is 5.33. The molecule has 1 fully saturated rings. The van der Waals surface area contributed by atoms with Gasteiger partial charge in [0.15, 0.2) is 5.96 Å². The molecule has 1 N–H and O–H groups in total. The SMILES string of the molecule is CCNC(=NCc1ccsc1)N1CCC(C)C(n2ccnc2)C1. The second kappa shape index (κ2) is 7.64. The van der Waals surface area contributed by atoms with Crippen molar-refractivity contribution in [1.29, 1.82) is 0 Å². The summed E-state index contributed by atoms with van der Waals surface area (Å²) in [6, 6.07) is 2.60. The summed E-state index contributed by atoms with van der Waals surface area (Å²) in [6.45, 7) is 8.13. The minimum atomic E-state index is 0.455. The number of rotatable bonds is 4. The zero-order valence-corrected chi connectivity index (χ0v) is 14.7. The highest BCUT2D eigenvalue weighted by Gasteiger charge is 2.28. The lowest BCUT2D eigenvalue weighted by atomic mass is 9.93. The molecule has 23 heavy (non-hydrogen) atoms. The number of piperidine rings is 1. The molecule has 2 atom stereocenters. The lowest BCUT2D eigenvalue weighted by Crippen LogP contribution is -2.49. The van der Waals surface area contributed by atoms with E-state index >= 15 is 0 Å². The van der Waals surface area contributed by atoms with E-state index in [2.05, 4.69) is 56.6 Å². The van der Waals surface area contributed by atoms with E-state index in [9.17, 15) is 0 Å². The van der Waals surface area contributed by atoms with Gasteiger partial charge in [-0.1, -0.05) is 6.92 Å². The molecule has 2 unspecified atom stereocenters. The predicted octanol–water partition coefficient (Wildman–Crippen LogP) is 2.99. The summed E-state index contributed by atoms with van der Waals surface area (Å²) in [6.07, 6.45) is 7.04. The molecule has 1 aliphatic rings. The van der Waals surface area contributed by atoms with Gasteiger partial charge in [0, 0.05) is 32.0 Å². The number of hydrogen-bond acceptors (Lipinski definition) is 3. The van der Waals surface area contributed by atoms with Crippen LogP contribution in [0.3, 0.4) is 0 Å². The third-order valence-corrected chi connectivity index (χ3v) is 5.18. The summed E-state index contributed by atoms with van der Waals surface area (Å²) in [5.41, 5.74) is 1.28. The monoisotopic (exact) mass is 331 g/mol. The summed E-state index contributed by atoms with van der Waals surface area (Å²) in [7, 11) is 0. The Morgan fingerprint density at radius 3 is 3.13 bits per heavy atom. The molecule has 1 aliphatic heterocycles. The third kappa shape index (κ3) is 3.93. The quantitative estimate of drug-likeness (QED) is 0.692. The van der Waals surface area contributed by atoms with Gasteiger partial charge in [0.05, 0.1) is 18.9 Å². The van der Waals surface area contributed by atoms with Crippen LogP contribution in [0, 0.1) is 5.92 Å². The van der Waals surface area contributed by atoms with Gasteiger partial charge < -0.3 is 14.8 Å². The molecule has 0 saturated carbocycles. The maximum Gasteiger partial charge on any atom is 0.194 e. The van der Waals surface area contributed by atoms with E-state index in [1.165, 1.54) is 12.0 Å². The van der Waals surface area contributed by atoms with Gasteiger partial charge in [0.25, 0.3) is 0 Å². The molecular formula is C17H25N5S. The van der Waals surface area contributed by atoms with Crippen molar-refractivity contribution in [3.8, 4) is 0 Å². The zero-order chi connectivity index (χ0) is 16.1. The fourth-order valence-electron chi connectivity index (χ4n) is 3.07. The highest BCUT2D eigenvalue weighted by Crippen LogP contribution is 2.27.